The van der Waals surface area contributed by atoms with Gasteiger partial charge in [0.25, 0.3) is 5.69 Å². The summed E-state index contributed by atoms with van der Waals surface area (Å²) in [5, 5.41) is 23.7. The van der Waals surface area contributed by atoms with Crippen molar-refractivity contribution in [1.82, 2.24) is 0 Å². The van der Waals surface area contributed by atoms with Gasteiger partial charge in [0, 0.05) is 6.04 Å². The van der Waals surface area contributed by atoms with Gasteiger partial charge in [-0.1, -0.05) is 20.3 Å². The lowest BCUT2D eigenvalue weighted by Gasteiger charge is -2.33. The number of nitrogens with zero attached hydrogens (tertiary/aromatic N) is 1. The molecule has 0 heterocycles. The van der Waals surface area contributed by atoms with Crippen molar-refractivity contribution < 1.29 is 10.0 Å². The quantitative estimate of drug-likeness (QED) is 0.497. The van der Waals surface area contributed by atoms with Crippen LogP contribution in [0.2, 0.25) is 0 Å². The number of benzene rings is 1. The van der Waals surface area contributed by atoms with Gasteiger partial charge in [0.1, 0.15) is 11.4 Å². The molecule has 1 aromatic rings. The molecule has 104 valence electrons. The molecule has 1 fully saturated rings. The van der Waals surface area contributed by atoms with E-state index in [0.717, 1.165) is 12.8 Å². The van der Waals surface area contributed by atoms with Gasteiger partial charge in [-0.15, -0.1) is 0 Å². The fourth-order valence-electron chi connectivity index (χ4n) is 2.73. The van der Waals surface area contributed by atoms with Crippen molar-refractivity contribution >= 4 is 11.4 Å². The Hall–Kier alpha value is -1.78. The first-order chi connectivity index (χ1) is 8.97. The maximum Gasteiger partial charge on any atom is 0.296 e. The Kier molecular flexibility index (Phi) is 3.93. The van der Waals surface area contributed by atoms with Crippen LogP contribution in [0, 0.1) is 22.0 Å². The topological polar surface area (TPSA) is 75.4 Å². The molecule has 0 aromatic heterocycles. The lowest BCUT2D eigenvalue weighted by atomic mass is 9.80. The predicted octanol–water partition coefficient (Wildman–Crippen LogP) is 3.54. The number of aromatic hydroxyl groups is 1. The monoisotopic (exact) mass is 264 g/mol. The number of rotatable bonds is 3. The highest BCUT2D eigenvalue weighted by molar-refractivity contribution is 5.64. The van der Waals surface area contributed by atoms with Crippen LogP contribution in [-0.2, 0) is 0 Å². The van der Waals surface area contributed by atoms with Crippen LogP contribution in [0.4, 0.5) is 11.4 Å². The van der Waals surface area contributed by atoms with E-state index in [9.17, 15) is 15.2 Å². The van der Waals surface area contributed by atoms with Crippen LogP contribution in [0.25, 0.3) is 0 Å². The summed E-state index contributed by atoms with van der Waals surface area (Å²) in [5.74, 6) is 1.07. The van der Waals surface area contributed by atoms with E-state index in [1.807, 2.05) is 0 Å². The number of hydrogen-bond donors (Lipinski definition) is 2. The van der Waals surface area contributed by atoms with Crippen molar-refractivity contribution in [2.45, 2.75) is 39.2 Å². The Balaban J connectivity index is 2.20. The number of nitrogens with one attached hydrogen (secondary N) is 1. The van der Waals surface area contributed by atoms with Crippen molar-refractivity contribution in [3.63, 3.8) is 0 Å². The second-order valence-electron chi connectivity index (χ2n) is 5.60. The van der Waals surface area contributed by atoms with Crippen LogP contribution >= 0.6 is 0 Å². The standard InChI is InChI=1S/C14H20N2O3/c1-9-3-4-10(2)13(7-9)15-12-6-5-11(17)8-14(12)16(18)19/h5-6,8-10,13,15,17H,3-4,7H2,1-2H3. The van der Waals surface area contributed by atoms with Crippen LogP contribution in [0.1, 0.15) is 33.1 Å². The Bertz CT molecular complexity index is 476. The van der Waals surface area contributed by atoms with Gasteiger partial charge in [-0.3, -0.25) is 10.1 Å². The molecule has 0 bridgehead atoms. The predicted molar refractivity (Wildman–Crippen MR) is 74.4 cm³/mol. The third-order valence-corrected chi connectivity index (χ3v) is 3.98. The molecule has 0 spiro atoms. The largest absolute Gasteiger partial charge is 0.508 e. The molecule has 5 heteroatoms. The Labute approximate surface area is 112 Å². The minimum atomic E-state index is -0.459. The van der Waals surface area contributed by atoms with Crippen molar-refractivity contribution in [2.75, 3.05) is 5.32 Å². The van der Waals surface area contributed by atoms with Gasteiger partial charge in [-0.25, -0.2) is 0 Å². The number of phenols is 1. The molecule has 1 aromatic carbocycles. The molecule has 0 radical (unpaired) electrons. The van der Waals surface area contributed by atoms with Gasteiger partial charge in [0.15, 0.2) is 0 Å². The fourth-order valence-corrected chi connectivity index (χ4v) is 2.73. The Morgan fingerprint density at radius 2 is 2.11 bits per heavy atom. The van der Waals surface area contributed by atoms with E-state index in [-0.39, 0.29) is 17.5 Å². The van der Waals surface area contributed by atoms with E-state index in [1.165, 1.54) is 18.6 Å². The first kappa shape index (κ1) is 13.6. The number of nitro benzene ring substituents is 1. The van der Waals surface area contributed by atoms with Crippen LogP contribution in [-0.4, -0.2) is 16.1 Å². The lowest BCUT2D eigenvalue weighted by molar-refractivity contribution is -0.384. The second kappa shape index (κ2) is 5.47. The normalized spacial score (nSPS) is 26.9. The SMILES string of the molecule is CC1CCC(C)C(Nc2ccc(O)cc2[N+](=O)[O-])C1. The molecule has 3 atom stereocenters. The lowest BCUT2D eigenvalue weighted by Crippen LogP contribution is -2.33. The summed E-state index contributed by atoms with van der Waals surface area (Å²) >= 11 is 0. The third-order valence-electron chi connectivity index (χ3n) is 3.98. The van der Waals surface area contributed by atoms with E-state index in [1.54, 1.807) is 6.07 Å². The number of anilines is 1. The Morgan fingerprint density at radius 3 is 2.79 bits per heavy atom. The van der Waals surface area contributed by atoms with E-state index in [2.05, 4.69) is 19.2 Å². The third kappa shape index (κ3) is 3.16. The molecular formula is C14H20N2O3. The summed E-state index contributed by atoms with van der Waals surface area (Å²) in [4.78, 5) is 10.6. The van der Waals surface area contributed by atoms with Crippen molar-refractivity contribution in [2.24, 2.45) is 11.8 Å². The van der Waals surface area contributed by atoms with Crippen molar-refractivity contribution in [1.29, 1.82) is 0 Å². The van der Waals surface area contributed by atoms with Crippen molar-refractivity contribution in [3.05, 3.63) is 28.3 Å². The van der Waals surface area contributed by atoms with Gasteiger partial charge < -0.3 is 10.4 Å². The smallest absolute Gasteiger partial charge is 0.296 e. The number of nitro groups is 1. The molecule has 0 amide bonds. The van der Waals surface area contributed by atoms with Gasteiger partial charge in [0.05, 0.1) is 11.0 Å². The van der Waals surface area contributed by atoms with Gasteiger partial charge in [-0.05, 0) is 36.8 Å². The highest BCUT2D eigenvalue weighted by atomic mass is 16.6. The molecular weight excluding hydrogens is 244 g/mol. The molecule has 2 N–H and O–H groups in total. The summed E-state index contributed by atoms with van der Waals surface area (Å²) in [5.41, 5.74) is 0.430. The summed E-state index contributed by atoms with van der Waals surface area (Å²) in [6, 6.07) is 4.51. The zero-order chi connectivity index (χ0) is 14.0. The van der Waals surface area contributed by atoms with E-state index in [4.69, 9.17) is 0 Å². The first-order valence-electron chi connectivity index (χ1n) is 6.71. The van der Waals surface area contributed by atoms with Gasteiger partial charge in [0.2, 0.25) is 0 Å². The molecule has 0 aliphatic heterocycles. The fraction of sp³-hybridized carbons (Fsp3) is 0.571. The van der Waals surface area contributed by atoms with Gasteiger partial charge in [-0.2, -0.15) is 0 Å². The van der Waals surface area contributed by atoms with Crippen LogP contribution < -0.4 is 5.32 Å². The number of phenolic OH excluding ortho intramolecular Hbond substituents is 1. The number of hydrogen-bond acceptors (Lipinski definition) is 4. The summed E-state index contributed by atoms with van der Waals surface area (Å²) in [6.45, 7) is 4.39. The average Bonchev–Trinajstić information content (AvgIpc) is 2.35. The molecule has 19 heavy (non-hydrogen) atoms. The van der Waals surface area contributed by atoms with E-state index >= 15 is 0 Å². The minimum absolute atomic E-state index is 0.0644. The molecule has 2 rings (SSSR count). The second-order valence-corrected chi connectivity index (χ2v) is 5.60. The highest BCUT2D eigenvalue weighted by Gasteiger charge is 2.27. The van der Waals surface area contributed by atoms with Crippen LogP contribution in [0.15, 0.2) is 18.2 Å². The van der Waals surface area contributed by atoms with E-state index < -0.39 is 4.92 Å². The summed E-state index contributed by atoms with van der Waals surface area (Å²) < 4.78 is 0. The summed E-state index contributed by atoms with van der Waals surface area (Å²) in [6.07, 6.45) is 3.39. The minimum Gasteiger partial charge on any atom is -0.508 e. The maximum absolute atomic E-state index is 11.0. The molecule has 3 unspecified atom stereocenters. The summed E-state index contributed by atoms with van der Waals surface area (Å²) in [7, 11) is 0. The van der Waals surface area contributed by atoms with Crippen LogP contribution in [0.3, 0.4) is 0 Å². The van der Waals surface area contributed by atoms with Crippen molar-refractivity contribution in [3.8, 4) is 5.75 Å². The van der Waals surface area contributed by atoms with Crippen LogP contribution in [0.5, 0.6) is 5.75 Å². The molecule has 5 nitrogen and oxygen atoms in total. The first-order valence-corrected chi connectivity index (χ1v) is 6.71. The van der Waals surface area contributed by atoms with E-state index in [0.29, 0.717) is 17.5 Å². The highest BCUT2D eigenvalue weighted by Crippen LogP contribution is 2.34. The average molecular weight is 264 g/mol. The van der Waals surface area contributed by atoms with Gasteiger partial charge >= 0.3 is 0 Å². The molecule has 0 saturated heterocycles. The maximum atomic E-state index is 11.0. The molecule has 1 aliphatic rings. The zero-order valence-corrected chi connectivity index (χ0v) is 11.3. The molecule has 1 saturated carbocycles. The molecule has 1 aliphatic carbocycles. The Morgan fingerprint density at radius 1 is 1.37 bits per heavy atom. The zero-order valence-electron chi connectivity index (χ0n) is 11.3.